The van der Waals surface area contributed by atoms with Crippen molar-refractivity contribution >= 4 is 23.5 Å². The summed E-state index contributed by atoms with van der Waals surface area (Å²) in [5, 5.41) is 10.9. The molecule has 0 aliphatic rings. The van der Waals surface area contributed by atoms with E-state index in [4.69, 9.17) is 0 Å². The first-order valence-electron chi connectivity index (χ1n) is 7.04. The van der Waals surface area contributed by atoms with E-state index in [2.05, 4.69) is 9.97 Å². The highest BCUT2D eigenvalue weighted by molar-refractivity contribution is 8.01. The second kappa shape index (κ2) is 6.93. The molecule has 2 rings (SSSR count). The lowest BCUT2D eigenvalue weighted by molar-refractivity contribution is -0.0328. The Morgan fingerprint density at radius 1 is 0.875 bits per heavy atom. The summed E-state index contributed by atoms with van der Waals surface area (Å²) in [5.41, 5.74) is -4.95. The lowest BCUT2D eigenvalue weighted by Crippen LogP contribution is -2.42. The van der Waals surface area contributed by atoms with Gasteiger partial charge < -0.3 is 5.11 Å². The number of hydrogen-bond acceptors (Lipinski definition) is 5. The van der Waals surface area contributed by atoms with Crippen LogP contribution in [-0.2, 0) is 5.60 Å². The van der Waals surface area contributed by atoms with E-state index in [-0.39, 0.29) is 16.7 Å². The van der Waals surface area contributed by atoms with Gasteiger partial charge in [0.2, 0.25) is 0 Å². The Kier molecular flexibility index (Phi) is 5.51. The van der Waals surface area contributed by atoms with Crippen LogP contribution in [0.15, 0.2) is 52.8 Å². The molecule has 0 aliphatic heterocycles. The van der Waals surface area contributed by atoms with E-state index in [0.29, 0.717) is 5.56 Å². The number of aromatic nitrogens is 2. The normalized spacial score (nSPS) is 15.1. The van der Waals surface area contributed by atoms with E-state index < -0.39 is 15.9 Å². The number of hydrogen-bond donors (Lipinski definition) is 1. The van der Waals surface area contributed by atoms with Gasteiger partial charge in [-0.1, -0.05) is 0 Å². The zero-order valence-corrected chi connectivity index (χ0v) is 15.0. The lowest BCUT2D eigenvalue weighted by Gasteiger charge is -2.39. The van der Waals surface area contributed by atoms with Crippen LogP contribution in [0.1, 0.15) is 26.3 Å². The highest BCUT2D eigenvalue weighted by atomic mass is 32.2. The van der Waals surface area contributed by atoms with Gasteiger partial charge in [-0.2, -0.15) is 13.2 Å². The van der Waals surface area contributed by atoms with E-state index in [1.54, 1.807) is 31.5 Å². The van der Waals surface area contributed by atoms with E-state index in [0.717, 1.165) is 4.90 Å². The third-order valence-electron chi connectivity index (χ3n) is 3.73. The molecule has 0 amide bonds. The number of thioether (sulfide) groups is 2. The minimum Gasteiger partial charge on any atom is -0.384 e. The number of aliphatic hydroxyl groups is 1. The average Bonchev–Trinajstić information content (AvgIpc) is 2.48. The van der Waals surface area contributed by atoms with Crippen LogP contribution in [0.4, 0.5) is 13.2 Å². The van der Waals surface area contributed by atoms with Gasteiger partial charge in [0.15, 0.2) is 0 Å². The molecule has 8 heteroatoms. The van der Waals surface area contributed by atoms with Gasteiger partial charge in [0.05, 0.1) is 0 Å². The van der Waals surface area contributed by atoms with Gasteiger partial charge in [-0.15, -0.1) is 11.8 Å². The maximum Gasteiger partial charge on any atom is 0.446 e. The first-order chi connectivity index (χ1) is 11.0. The molecule has 130 valence electrons. The number of benzene rings is 1. The zero-order chi connectivity index (χ0) is 18.0. The molecule has 2 aromatic rings. The fourth-order valence-electron chi connectivity index (χ4n) is 2.00. The Bertz CT molecular complexity index is 674. The first-order valence-corrected chi connectivity index (χ1v) is 8.67. The van der Waals surface area contributed by atoms with Gasteiger partial charge in [-0.05, 0) is 56.8 Å². The smallest absolute Gasteiger partial charge is 0.384 e. The van der Waals surface area contributed by atoms with Crippen LogP contribution in [0.5, 0.6) is 0 Å². The van der Waals surface area contributed by atoms with Crippen molar-refractivity contribution in [1.82, 2.24) is 9.97 Å². The van der Waals surface area contributed by atoms with E-state index in [9.17, 15) is 18.3 Å². The van der Waals surface area contributed by atoms with Gasteiger partial charge in [0, 0.05) is 32.5 Å². The SMILES string of the molecule is CC(C)(Sc1ccc(SC(F)(F)F)cc1)C(C)(O)c1cncnc1. The first kappa shape index (κ1) is 19.1. The number of nitrogens with zero attached hydrogens (tertiary/aromatic N) is 2. The van der Waals surface area contributed by atoms with E-state index in [1.165, 1.54) is 30.2 Å². The van der Waals surface area contributed by atoms with E-state index >= 15 is 0 Å². The Labute approximate surface area is 147 Å². The summed E-state index contributed by atoms with van der Waals surface area (Å²) in [7, 11) is 0. The maximum atomic E-state index is 12.4. The van der Waals surface area contributed by atoms with Crippen LogP contribution in [0, 0.1) is 0 Å². The summed E-state index contributed by atoms with van der Waals surface area (Å²) in [6.07, 6.45) is 4.49. The van der Waals surface area contributed by atoms with Crippen LogP contribution < -0.4 is 0 Å². The lowest BCUT2D eigenvalue weighted by atomic mass is 9.86. The fourth-order valence-corrected chi connectivity index (χ4v) is 3.72. The summed E-state index contributed by atoms with van der Waals surface area (Å²) in [6.45, 7) is 5.40. The Balaban J connectivity index is 2.17. The molecule has 0 saturated carbocycles. The molecule has 3 nitrogen and oxygen atoms in total. The molecule has 0 fully saturated rings. The quantitative estimate of drug-likeness (QED) is 0.757. The summed E-state index contributed by atoms with van der Waals surface area (Å²) < 4.78 is 36.5. The second-order valence-corrected chi connectivity index (χ2v) is 8.67. The molecule has 0 aliphatic carbocycles. The molecule has 1 unspecified atom stereocenters. The predicted molar refractivity (Wildman–Crippen MR) is 89.9 cm³/mol. The molecule has 24 heavy (non-hydrogen) atoms. The van der Waals surface area contributed by atoms with Crippen molar-refractivity contribution in [3.8, 4) is 0 Å². The van der Waals surface area contributed by atoms with Crippen molar-refractivity contribution < 1.29 is 18.3 Å². The summed E-state index contributed by atoms with van der Waals surface area (Å²) >= 11 is 1.23. The van der Waals surface area contributed by atoms with E-state index in [1.807, 2.05) is 13.8 Å². The van der Waals surface area contributed by atoms with Crippen molar-refractivity contribution in [1.29, 1.82) is 0 Å². The number of alkyl halides is 3. The maximum absolute atomic E-state index is 12.4. The third-order valence-corrected chi connectivity index (χ3v) is 5.88. The zero-order valence-electron chi connectivity index (χ0n) is 13.3. The summed E-state index contributed by atoms with van der Waals surface area (Å²) in [4.78, 5) is 8.75. The molecular weight excluding hydrogens is 357 g/mol. The molecule has 0 bridgehead atoms. The fraction of sp³-hybridized carbons (Fsp3) is 0.375. The van der Waals surface area contributed by atoms with Crippen LogP contribution in [0.2, 0.25) is 0 Å². The molecule has 1 N–H and O–H groups in total. The molecule has 1 atom stereocenters. The predicted octanol–water partition coefficient (Wildman–Crippen LogP) is 4.87. The molecular formula is C16H17F3N2OS2. The minimum absolute atomic E-state index is 0.132. The summed E-state index contributed by atoms with van der Waals surface area (Å²) in [6, 6.07) is 6.10. The molecule has 0 radical (unpaired) electrons. The van der Waals surface area contributed by atoms with Crippen LogP contribution in [-0.4, -0.2) is 25.3 Å². The van der Waals surface area contributed by atoms with Gasteiger partial charge >= 0.3 is 5.51 Å². The topological polar surface area (TPSA) is 46.0 Å². The standard InChI is InChI=1S/C16H17F3N2OS2/c1-14(2,15(3,22)11-8-20-10-21-9-11)23-12-4-6-13(7-5-12)24-16(17,18)19/h4-10,22H,1-3H3. The minimum atomic E-state index is -4.30. The Morgan fingerprint density at radius 2 is 1.33 bits per heavy atom. The Hall–Kier alpha value is -1.25. The molecule has 0 spiro atoms. The van der Waals surface area contributed by atoms with Crippen molar-refractivity contribution in [2.75, 3.05) is 0 Å². The van der Waals surface area contributed by atoms with Crippen molar-refractivity contribution in [3.63, 3.8) is 0 Å². The largest absolute Gasteiger partial charge is 0.446 e. The monoisotopic (exact) mass is 374 g/mol. The van der Waals surface area contributed by atoms with Crippen LogP contribution in [0.3, 0.4) is 0 Å². The number of halogens is 3. The van der Waals surface area contributed by atoms with Crippen molar-refractivity contribution in [2.24, 2.45) is 0 Å². The molecule has 1 heterocycles. The van der Waals surface area contributed by atoms with Crippen molar-refractivity contribution in [2.45, 2.75) is 46.4 Å². The summed E-state index contributed by atoms with van der Waals surface area (Å²) in [5.74, 6) is 0. The Morgan fingerprint density at radius 3 is 1.79 bits per heavy atom. The highest BCUT2D eigenvalue weighted by Gasteiger charge is 2.42. The molecule has 1 aromatic heterocycles. The average molecular weight is 374 g/mol. The van der Waals surface area contributed by atoms with Gasteiger partial charge in [0.1, 0.15) is 11.9 Å². The molecule has 0 saturated heterocycles. The van der Waals surface area contributed by atoms with Gasteiger partial charge in [-0.25, -0.2) is 9.97 Å². The second-order valence-electron chi connectivity index (χ2n) is 5.83. The van der Waals surface area contributed by atoms with Gasteiger partial charge in [-0.3, -0.25) is 0 Å². The van der Waals surface area contributed by atoms with Crippen LogP contribution >= 0.6 is 23.5 Å². The highest BCUT2D eigenvalue weighted by Crippen LogP contribution is 2.46. The number of rotatable bonds is 5. The van der Waals surface area contributed by atoms with Crippen LogP contribution in [0.25, 0.3) is 0 Å². The third kappa shape index (κ3) is 4.64. The molecule has 1 aromatic carbocycles. The van der Waals surface area contributed by atoms with Crippen molar-refractivity contribution in [3.05, 3.63) is 48.5 Å². The van der Waals surface area contributed by atoms with Gasteiger partial charge in [0.25, 0.3) is 0 Å².